The minimum Gasteiger partial charge on any atom is -0.496 e. The number of hydrogen-bond acceptors (Lipinski definition) is 6. The molecule has 1 aliphatic heterocycles. The van der Waals surface area contributed by atoms with Gasteiger partial charge in [0.05, 0.1) is 39.0 Å². The average molecular weight is 360 g/mol. The molecule has 7 nitrogen and oxygen atoms in total. The van der Waals surface area contributed by atoms with Crippen molar-refractivity contribution < 1.29 is 23.7 Å². The standard InChI is InChI=1S/C19H24N2O5/c1-12-10-19(25-6-7-26-19)5-4-16(12)21-11-13-8-14(18(22)24-3)17(23-2)9-15(13)20-21/h8-9,11-12,16H,4-7,10H2,1-3H3/t12-,16-/m0/s1. The quantitative estimate of drug-likeness (QED) is 0.784. The minimum atomic E-state index is -0.417. The normalized spacial score (nSPS) is 24.9. The molecular formula is C19H24N2O5. The van der Waals surface area contributed by atoms with Crippen LogP contribution in [0.5, 0.6) is 5.75 Å². The lowest BCUT2D eigenvalue weighted by atomic mass is 9.82. The van der Waals surface area contributed by atoms with Gasteiger partial charge in [-0.05, 0) is 18.4 Å². The van der Waals surface area contributed by atoms with Crippen molar-refractivity contribution in [2.24, 2.45) is 5.92 Å². The number of fused-ring (bicyclic) bond motifs is 1. The second-order valence-electron chi connectivity index (χ2n) is 7.11. The third-order valence-corrected chi connectivity index (χ3v) is 5.51. The van der Waals surface area contributed by atoms with Gasteiger partial charge in [-0.25, -0.2) is 4.79 Å². The van der Waals surface area contributed by atoms with E-state index in [2.05, 4.69) is 6.92 Å². The first kappa shape index (κ1) is 17.3. The highest BCUT2D eigenvalue weighted by Gasteiger charge is 2.44. The van der Waals surface area contributed by atoms with E-state index in [-0.39, 0.29) is 6.04 Å². The Morgan fingerprint density at radius 3 is 2.73 bits per heavy atom. The number of methoxy groups -OCH3 is 2. The smallest absolute Gasteiger partial charge is 0.341 e. The van der Waals surface area contributed by atoms with Gasteiger partial charge in [-0.1, -0.05) is 6.92 Å². The summed E-state index contributed by atoms with van der Waals surface area (Å²) in [5.74, 6) is 0.0279. The number of rotatable bonds is 3. The lowest BCUT2D eigenvalue weighted by Crippen LogP contribution is -2.40. The second-order valence-corrected chi connectivity index (χ2v) is 7.11. The summed E-state index contributed by atoms with van der Waals surface area (Å²) >= 11 is 0. The first-order valence-electron chi connectivity index (χ1n) is 8.98. The van der Waals surface area contributed by atoms with Crippen LogP contribution in [0.1, 0.15) is 42.6 Å². The van der Waals surface area contributed by atoms with Gasteiger partial charge in [-0.3, -0.25) is 4.68 Å². The van der Waals surface area contributed by atoms with E-state index in [0.717, 1.165) is 30.2 Å². The van der Waals surface area contributed by atoms with Crippen molar-refractivity contribution in [3.63, 3.8) is 0 Å². The molecule has 140 valence electrons. The van der Waals surface area contributed by atoms with E-state index < -0.39 is 11.8 Å². The molecule has 0 bridgehead atoms. The SMILES string of the molecule is COC(=O)c1cc2cn([C@H]3CCC4(C[C@@H]3C)OCCO4)nc2cc1OC. The fourth-order valence-corrected chi connectivity index (χ4v) is 4.21. The summed E-state index contributed by atoms with van der Waals surface area (Å²) in [4.78, 5) is 12.0. The Bertz CT molecular complexity index is 825. The highest BCUT2D eigenvalue weighted by Crippen LogP contribution is 2.43. The fraction of sp³-hybridized carbons (Fsp3) is 0.579. The van der Waals surface area contributed by atoms with Crippen molar-refractivity contribution in [2.45, 2.75) is 38.0 Å². The van der Waals surface area contributed by atoms with Gasteiger partial charge >= 0.3 is 5.97 Å². The van der Waals surface area contributed by atoms with Crippen molar-refractivity contribution in [3.8, 4) is 5.75 Å². The predicted octanol–water partition coefficient (Wildman–Crippen LogP) is 2.94. The molecule has 1 aromatic heterocycles. The number of benzene rings is 1. The van der Waals surface area contributed by atoms with Crippen LogP contribution in [-0.4, -0.2) is 49.0 Å². The first-order chi connectivity index (χ1) is 12.5. The van der Waals surface area contributed by atoms with E-state index in [9.17, 15) is 4.79 Å². The van der Waals surface area contributed by atoms with Crippen molar-refractivity contribution in [3.05, 3.63) is 23.9 Å². The Hall–Kier alpha value is -2.12. The lowest BCUT2D eigenvalue weighted by Gasteiger charge is -2.39. The molecule has 0 amide bonds. The minimum absolute atomic E-state index is 0.272. The maximum atomic E-state index is 12.0. The molecule has 1 spiro atoms. The van der Waals surface area contributed by atoms with Crippen LogP contribution in [0.3, 0.4) is 0 Å². The van der Waals surface area contributed by atoms with E-state index in [1.54, 1.807) is 12.1 Å². The summed E-state index contributed by atoms with van der Waals surface area (Å²) in [6.07, 6.45) is 4.67. The molecule has 1 saturated carbocycles. The fourth-order valence-electron chi connectivity index (χ4n) is 4.21. The zero-order valence-electron chi connectivity index (χ0n) is 15.4. The summed E-state index contributed by atoms with van der Waals surface area (Å²) in [7, 11) is 2.90. The maximum Gasteiger partial charge on any atom is 0.341 e. The van der Waals surface area contributed by atoms with Crippen LogP contribution in [-0.2, 0) is 14.2 Å². The van der Waals surface area contributed by atoms with E-state index in [1.165, 1.54) is 14.2 Å². The Morgan fingerprint density at radius 2 is 2.08 bits per heavy atom. The highest BCUT2D eigenvalue weighted by molar-refractivity contribution is 5.97. The Balaban J connectivity index is 1.64. The molecule has 2 heterocycles. The number of aromatic nitrogens is 2. The van der Waals surface area contributed by atoms with Crippen molar-refractivity contribution in [1.82, 2.24) is 9.78 Å². The van der Waals surface area contributed by atoms with E-state index in [0.29, 0.717) is 30.4 Å². The van der Waals surface area contributed by atoms with Gasteiger partial charge in [0.1, 0.15) is 11.3 Å². The topological polar surface area (TPSA) is 71.8 Å². The second kappa shape index (κ2) is 6.55. The van der Waals surface area contributed by atoms with Gasteiger partial charge in [0.15, 0.2) is 5.79 Å². The summed E-state index contributed by atoms with van der Waals surface area (Å²) < 4.78 is 23.9. The van der Waals surface area contributed by atoms with E-state index in [1.807, 2.05) is 10.9 Å². The molecular weight excluding hydrogens is 336 g/mol. The van der Waals surface area contributed by atoms with E-state index >= 15 is 0 Å². The predicted molar refractivity (Wildman–Crippen MR) is 94.3 cm³/mol. The lowest BCUT2D eigenvalue weighted by molar-refractivity contribution is -0.192. The van der Waals surface area contributed by atoms with Gasteiger partial charge in [0.25, 0.3) is 0 Å². The molecule has 26 heavy (non-hydrogen) atoms. The van der Waals surface area contributed by atoms with Crippen LogP contribution in [0.4, 0.5) is 0 Å². The monoisotopic (exact) mass is 360 g/mol. The molecule has 2 fully saturated rings. The average Bonchev–Trinajstić information content (AvgIpc) is 3.26. The molecule has 0 radical (unpaired) electrons. The third-order valence-electron chi connectivity index (χ3n) is 5.51. The van der Waals surface area contributed by atoms with Gasteiger partial charge in [-0.2, -0.15) is 5.10 Å². The zero-order chi connectivity index (χ0) is 18.3. The number of esters is 1. The number of carbonyl (C=O) groups excluding carboxylic acids is 1. The Morgan fingerprint density at radius 1 is 1.31 bits per heavy atom. The van der Waals surface area contributed by atoms with Gasteiger partial charge in [-0.15, -0.1) is 0 Å². The zero-order valence-corrected chi connectivity index (χ0v) is 15.4. The summed E-state index contributed by atoms with van der Waals surface area (Å²) in [6.45, 7) is 3.57. The van der Waals surface area contributed by atoms with Crippen LogP contribution < -0.4 is 4.74 Å². The van der Waals surface area contributed by atoms with Crippen LogP contribution in [0.2, 0.25) is 0 Å². The number of ether oxygens (including phenoxy) is 4. The molecule has 2 atom stereocenters. The largest absolute Gasteiger partial charge is 0.496 e. The molecule has 2 aliphatic rings. The van der Waals surface area contributed by atoms with Crippen LogP contribution in [0.15, 0.2) is 18.3 Å². The van der Waals surface area contributed by atoms with Crippen LogP contribution in [0.25, 0.3) is 10.9 Å². The number of hydrogen-bond donors (Lipinski definition) is 0. The molecule has 0 N–H and O–H groups in total. The summed E-state index contributed by atoms with van der Waals surface area (Å²) in [5.41, 5.74) is 1.21. The van der Waals surface area contributed by atoms with E-state index in [4.69, 9.17) is 24.0 Å². The molecule has 7 heteroatoms. The van der Waals surface area contributed by atoms with Crippen molar-refractivity contribution in [2.75, 3.05) is 27.4 Å². The molecule has 2 aromatic rings. The van der Waals surface area contributed by atoms with Crippen molar-refractivity contribution >= 4 is 16.9 Å². The molecule has 1 saturated heterocycles. The van der Waals surface area contributed by atoms with Gasteiger partial charge in [0.2, 0.25) is 0 Å². The molecule has 1 aromatic carbocycles. The molecule has 1 aliphatic carbocycles. The molecule has 0 unspecified atom stereocenters. The summed E-state index contributed by atoms with van der Waals surface area (Å²) in [5, 5.41) is 5.64. The van der Waals surface area contributed by atoms with Crippen LogP contribution in [0, 0.1) is 5.92 Å². The Labute approximate surface area is 152 Å². The Kier molecular flexibility index (Phi) is 4.36. The summed E-state index contributed by atoms with van der Waals surface area (Å²) in [6, 6.07) is 3.84. The van der Waals surface area contributed by atoms with Gasteiger partial charge in [0, 0.05) is 30.5 Å². The number of carbonyl (C=O) groups is 1. The van der Waals surface area contributed by atoms with Gasteiger partial charge < -0.3 is 18.9 Å². The first-order valence-corrected chi connectivity index (χ1v) is 8.98. The number of nitrogens with zero attached hydrogens (tertiary/aromatic N) is 2. The third kappa shape index (κ3) is 2.85. The van der Waals surface area contributed by atoms with Crippen LogP contribution >= 0.6 is 0 Å². The molecule has 4 rings (SSSR count). The highest BCUT2D eigenvalue weighted by atomic mass is 16.7. The van der Waals surface area contributed by atoms with Crippen molar-refractivity contribution in [1.29, 1.82) is 0 Å². The maximum absolute atomic E-state index is 12.0.